The fraction of sp³-hybridized carbons (Fsp3) is 0.500. The van der Waals surface area contributed by atoms with Crippen molar-refractivity contribution < 1.29 is 12.8 Å². The number of nitrogens with two attached hydrogens (primary N) is 1. The van der Waals surface area contributed by atoms with Gasteiger partial charge in [0.25, 0.3) is 0 Å². The Morgan fingerprint density at radius 1 is 1.12 bits per heavy atom. The molecule has 94 valence electrons. The Balaban J connectivity index is 2.32. The van der Waals surface area contributed by atoms with Crippen LogP contribution in [0.4, 0.5) is 4.39 Å². The second-order valence-corrected chi connectivity index (χ2v) is 6.65. The zero-order valence-corrected chi connectivity index (χ0v) is 10.3. The maximum atomic E-state index is 12.8. The van der Waals surface area contributed by atoms with E-state index in [4.69, 9.17) is 5.73 Å². The third-order valence-corrected chi connectivity index (χ3v) is 5.61. The average molecular weight is 257 g/mol. The molecule has 1 aliphatic carbocycles. The molecule has 0 saturated heterocycles. The molecule has 1 aromatic carbocycles. The van der Waals surface area contributed by atoms with Gasteiger partial charge in [-0.15, -0.1) is 0 Å². The SMILES string of the molecule is NC1CCCCC1S(=O)(=O)c1ccc(F)cc1. The number of halogens is 1. The highest BCUT2D eigenvalue weighted by Gasteiger charge is 2.34. The predicted molar refractivity (Wildman–Crippen MR) is 63.8 cm³/mol. The van der Waals surface area contributed by atoms with E-state index in [1.807, 2.05) is 0 Å². The Morgan fingerprint density at radius 2 is 1.71 bits per heavy atom. The Labute approximate surface area is 101 Å². The van der Waals surface area contributed by atoms with Crippen LogP contribution in [0, 0.1) is 5.82 Å². The minimum Gasteiger partial charge on any atom is -0.327 e. The van der Waals surface area contributed by atoms with E-state index in [1.54, 1.807) is 0 Å². The first-order chi connectivity index (χ1) is 8.01. The summed E-state index contributed by atoms with van der Waals surface area (Å²) in [5.41, 5.74) is 5.88. The Hall–Kier alpha value is -0.940. The van der Waals surface area contributed by atoms with E-state index < -0.39 is 20.9 Å². The minimum absolute atomic E-state index is 0.168. The molecule has 0 amide bonds. The Morgan fingerprint density at radius 3 is 2.29 bits per heavy atom. The van der Waals surface area contributed by atoms with Gasteiger partial charge >= 0.3 is 0 Å². The highest BCUT2D eigenvalue weighted by Crippen LogP contribution is 2.27. The summed E-state index contributed by atoms with van der Waals surface area (Å²) in [6.07, 6.45) is 3.21. The second kappa shape index (κ2) is 4.74. The van der Waals surface area contributed by atoms with Gasteiger partial charge in [-0.3, -0.25) is 0 Å². The fourth-order valence-electron chi connectivity index (χ4n) is 2.31. The van der Waals surface area contributed by atoms with Crippen LogP contribution in [0.3, 0.4) is 0 Å². The average Bonchev–Trinajstić information content (AvgIpc) is 2.30. The van der Waals surface area contributed by atoms with Crippen molar-refractivity contribution in [2.45, 2.75) is 41.9 Å². The van der Waals surface area contributed by atoms with Crippen LogP contribution >= 0.6 is 0 Å². The third-order valence-electron chi connectivity index (χ3n) is 3.29. The fourth-order valence-corrected chi connectivity index (χ4v) is 4.25. The van der Waals surface area contributed by atoms with E-state index in [-0.39, 0.29) is 10.9 Å². The first kappa shape index (κ1) is 12.5. The maximum Gasteiger partial charge on any atom is 0.182 e. The van der Waals surface area contributed by atoms with Crippen molar-refractivity contribution in [3.8, 4) is 0 Å². The van der Waals surface area contributed by atoms with Gasteiger partial charge in [0, 0.05) is 6.04 Å². The highest BCUT2D eigenvalue weighted by molar-refractivity contribution is 7.92. The van der Waals surface area contributed by atoms with E-state index in [0.29, 0.717) is 6.42 Å². The van der Waals surface area contributed by atoms with Gasteiger partial charge in [-0.05, 0) is 37.1 Å². The summed E-state index contributed by atoms with van der Waals surface area (Å²) >= 11 is 0. The quantitative estimate of drug-likeness (QED) is 0.823. The molecular formula is C12H16FNO2S. The Kier molecular flexibility index (Phi) is 3.49. The van der Waals surface area contributed by atoms with Crippen molar-refractivity contribution in [3.63, 3.8) is 0 Å². The molecule has 0 radical (unpaired) electrons. The molecule has 5 heteroatoms. The van der Waals surface area contributed by atoms with Crippen molar-refractivity contribution in [1.29, 1.82) is 0 Å². The predicted octanol–water partition coefficient (Wildman–Crippen LogP) is 1.87. The zero-order chi connectivity index (χ0) is 12.5. The van der Waals surface area contributed by atoms with Crippen LogP contribution in [-0.2, 0) is 9.84 Å². The highest BCUT2D eigenvalue weighted by atomic mass is 32.2. The molecule has 1 aromatic rings. The molecule has 2 rings (SSSR count). The zero-order valence-electron chi connectivity index (χ0n) is 9.47. The van der Waals surface area contributed by atoms with E-state index in [0.717, 1.165) is 19.3 Å². The molecule has 17 heavy (non-hydrogen) atoms. The van der Waals surface area contributed by atoms with Crippen LogP contribution in [-0.4, -0.2) is 19.7 Å². The van der Waals surface area contributed by atoms with E-state index in [9.17, 15) is 12.8 Å². The van der Waals surface area contributed by atoms with E-state index in [1.165, 1.54) is 24.3 Å². The molecule has 0 bridgehead atoms. The lowest BCUT2D eigenvalue weighted by Crippen LogP contribution is -2.42. The summed E-state index contributed by atoms with van der Waals surface area (Å²) in [4.78, 5) is 0.168. The van der Waals surface area contributed by atoms with Crippen LogP contribution in [0.1, 0.15) is 25.7 Å². The van der Waals surface area contributed by atoms with Gasteiger partial charge < -0.3 is 5.73 Å². The number of sulfone groups is 1. The van der Waals surface area contributed by atoms with Crippen molar-refractivity contribution in [1.82, 2.24) is 0 Å². The van der Waals surface area contributed by atoms with Crippen molar-refractivity contribution >= 4 is 9.84 Å². The van der Waals surface area contributed by atoms with Gasteiger partial charge in [-0.2, -0.15) is 0 Å². The molecular weight excluding hydrogens is 241 g/mol. The maximum absolute atomic E-state index is 12.8. The summed E-state index contributed by atoms with van der Waals surface area (Å²) in [7, 11) is -3.42. The standard InChI is InChI=1S/C12H16FNO2S/c13-9-5-7-10(8-6-9)17(15,16)12-4-2-1-3-11(12)14/h5-8,11-12H,1-4,14H2. The first-order valence-electron chi connectivity index (χ1n) is 5.77. The van der Waals surface area contributed by atoms with E-state index >= 15 is 0 Å². The van der Waals surface area contributed by atoms with Crippen LogP contribution in [0.15, 0.2) is 29.2 Å². The number of hydrogen-bond acceptors (Lipinski definition) is 3. The molecule has 2 N–H and O–H groups in total. The minimum atomic E-state index is -3.42. The molecule has 1 saturated carbocycles. The van der Waals surface area contributed by atoms with Gasteiger partial charge in [0.15, 0.2) is 9.84 Å². The van der Waals surface area contributed by atoms with Gasteiger partial charge in [0.2, 0.25) is 0 Å². The molecule has 0 aliphatic heterocycles. The number of hydrogen-bond donors (Lipinski definition) is 1. The van der Waals surface area contributed by atoms with Gasteiger partial charge in [-0.1, -0.05) is 12.8 Å². The second-order valence-electron chi connectivity index (χ2n) is 4.49. The third kappa shape index (κ3) is 2.50. The van der Waals surface area contributed by atoms with Gasteiger partial charge in [-0.25, -0.2) is 12.8 Å². The number of benzene rings is 1. The lowest BCUT2D eigenvalue weighted by Gasteiger charge is -2.28. The van der Waals surface area contributed by atoms with Crippen LogP contribution in [0.25, 0.3) is 0 Å². The monoisotopic (exact) mass is 257 g/mol. The van der Waals surface area contributed by atoms with Crippen LogP contribution < -0.4 is 5.73 Å². The van der Waals surface area contributed by atoms with Crippen molar-refractivity contribution in [3.05, 3.63) is 30.1 Å². The van der Waals surface area contributed by atoms with Crippen LogP contribution in [0.2, 0.25) is 0 Å². The molecule has 2 unspecified atom stereocenters. The Bertz CT molecular complexity index is 484. The summed E-state index contributed by atoms with van der Waals surface area (Å²) in [5, 5.41) is -0.526. The molecule has 2 atom stereocenters. The molecule has 1 aliphatic rings. The summed E-state index contributed by atoms with van der Waals surface area (Å²) in [6, 6.07) is 4.65. The lowest BCUT2D eigenvalue weighted by molar-refractivity contribution is 0.432. The first-order valence-corrected chi connectivity index (χ1v) is 7.31. The number of rotatable bonds is 2. The topological polar surface area (TPSA) is 60.2 Å². The van der Waals surface area contributed by atoms with Gasteiger partial charge in [0.05, 0.1) is 10.1 Å². The summed E-state index contributed by atoms with van der Waals surface area (Å²) < 4.78 is 37.4. The molecule has 0 heterocycles. The molecule has 3 nitrogen and oxygen atoms in total. The molecule has 0 aromatic heterocycles. The normalized spacial score (nSPS) is 25.8. The van der Waals surface area contributed by atoms with Crippen molar-refractivity contribution in [2.75, 3.05) is 0 Å². The summed E-state index contributed by atoms with van der Waals surface area (Å²) in [5.74, 6) is -0.433. The lowest BCUT2D eigenvalue weighted by atomic mass is 9.96. The van der Waals surface area contributed by atoms with E-state index in [2.05, 4.69) is 0 Å². The van der Waals surface area contributed by atoms with Gasteiger partial charge in [0.1, 0.15) is 5.82 Å². The molecule has 1 fully saturated rings. The largest absolute Gasteiger partial charge is 0.327 e. The van der Waals surface area contributed by atoms with Crippen molar-refractivity contribution in [2.24, 2.45) is 5.73 Å². The van der Waals surface area contributed by atoms with Crippen LogP contribution in [0.5, 0.6) is 0 Å². The molecule has 0 spiro atoms. The smallest absolute Gasteiger partial charge is 0.182 e. The summed E-state index contributed by atoms with van der Waals surface area (Å²) in [6.45, 7) is 0.